The fraction of sp³-hybridized carbons (Fsp3) is 0.818. The maximum absolute atomic E-state index is 13.1. The summed E-state index contributed by atoms with van der Waals surface area (Å²) in [6, 6.07) is 0. The molecule has 0 spiro atoms. The van der Waals surface area contributed by atoms with Crippen molar-refractivity contribution in [3.8, 4) is 0 Å². The quantitative estimate of drug-likeness (QED) is 0.0169. The van der Waals surface area contributed by atoms with Crippen LogP contribution in [0.3, 0.4) is 0 Å². The van der Waals surface area contributed by atoms with E-state index in [0.717, 1.165) is 154 Å². The topological polar surface area (TPSA) is 237 Å². The highest BCUT2D eigenvalue weighted by Gasteiger charge is 2.30. The van der Waals surface area contributed by atoms with Crippen LogP contribution in [0.5, 0.6) is 0 Å². The average molecular weight is 1400 g/mol. The van der Waals surface area contributed by atoms with Gasteiger partial charge in [-0.25, -0.2) is 9.13 Å². The van der Waals surface area contributed by atoms with Crippen molar-refractivity contribution >= 4 is 39.5 Å². The molecule has 19 heteroatoms. The van der Waals surface area contributed by atoms with Crippen LogP contribution in [0.1, 0.15) is 349 Å². The van der Waals surface area contributed by atoms with Crippen LogP contribution in [-0.2, 0) is 65.4 Å². The van der Waals surface area contributed by atoms with Gasteiger partial charge in [0, 0.05) is 25.7 Å². The Kier molecular flexibility index (Phi) is 67.8. The Labute approximate surface area is 584 Å². The van der Waals surface area contributed by atoms with E-state index >= 15 is 0 Å². The normalized spacial score (nSPS) is 14.3. The molecule has 0 aliphatic carbocycles. The Morgan fingerprint density at radius 1 is 0.292 bits per heavy atom. The van der Waals surface area contributed by atoms with E-state index < -0.39 is 97.5 Å². The van der Waals surface area contributed by atoms with Crippen LogP contribution >= 0.6 is 15.6 Å². The largest absolute Gasteiger partial charge is 0.472 e. The lowest BCUT2D eigenvalue weighted by molar-refractivity contribution is -0.161. The van der Waals surface area contributed by atoms with Gasteiger partial charge in [0.2, 0.25) is 0 Å². The van der Waals surface area contributed by atoms with Gasteiger partial charge in [0.25, 0.3) is 0 Å². The average Bonchev–Trinajstić information content (AvgIpc) is 2.05. The third-order valence-corrected chi connectivity index (χ3v) is 18.4. The maximum Gasteiger partial charge on any atom is 0.472 e. The van der Waals surface area contributed by atoms with Gasteiger partial charge in [0.05, 0.1) is 26.4 Å². The predicted octanol–water partition coefficient (Wildman–Crippen LogP) is 21.9. The molecule has 0 aliphatic rings. The molecule has 0 heterocycles. The van der Waals surface area contributed by atoms with Gasteiger partial charge in [-0.2, -0.15) is 0 Å². The number of carbonyl (C=O) groups is 4. The highest BCUT2D eigenvalue weighted by molar-refractivity contribution is 7.47. The fourth-order valence-electron chi connectivity index (χ4n) is 10.5. The van der Waals surface area contributed by atoms with E-state index in [1.165, 1.54) is 116 Å². The zero-order valence-corrected chi connectivity index (χ0v) is 62.8. The number of phosphoric acid groups is 2. The lowest BCUT2D eigenvalue weighted by atomic mass is 10.0. The van der Waals surface area contributed by atoms with Gasteiger partial charge in [-0.3, -0.25) is 37.3 Å². The SMILES string of the molecule is CCCC/C=C\CCCCCCCC(=O)OC(COC(=O)CCCCCCCCCCCCCCC)COP(=O)(O)OCC(O)COP(=O)(O)OCC(COC(=O)CCCCCCCC/C=C\C/C=C\C/C=C\CCCCC)OC(=O)CCCCCCC/C=C\CCCCCC. The third-order valence-electron chi connectivity index (χ3n) is 16.5. The van der Waals surface area contributed by atoms with Gasteiger partial charge in [-0.1, -0.05) is 275 Å². The molecule has 96 heavy (non-hydrogen) atoms. The van der Waals surface area contributed by atoms with Gasteiger partial charge >= 0.3 is 39.5 Å². The predicted molar refractivity (Wildman–Crippen MR) is 390 cm³/mol. The van der Waals surface area contributed by atoms with Gasteiger partial charge in [-0.15, -0.1) is 0 Å². The Balaban J connectivity index is 5.29. The van der Waals surface area contributed by atoms with E-state index in [1.807, 2.05) is 0 Å². The molecular weight excluding hydrogens is 1260 g/mol. The van der Waals surface area contributed by atoms with Crippen LogP contribution in [-0.4, -0.2) is 96.7 Å². The monoisotopic (exact) mass is 1400 g/mol. The second kappa shape index (κ2) is 70.2. The Hall–Kier alpha value is -3.24. The summed E-state index contributed by atoms with van der Waals surface area (Å²) in [5.41, 5.74) is 0. The molecule has 3 N–H and O–H groups in total. The number of esters is 4. The first-order chi connectivity index (χ1) is 46.7. The zero-order valence-electron chi connectivity index (χ0n) is 61.1. The number of rotatable bonds is 73. The van der Waals surface area contributed by atoms with Crippen LogP contribution in [0.2, 0.25) is 0 Å². The van der Waals surface area contributed by atoms with Crippen molar-refractivity contribution in [3.63, 3.8) is 0 Å². The second-order valence-electron chi connectivity index (χ2n) is 25.9. The molecule has 0 fully saturated rings. The van der Waals surface area contributed by atoms with Gasteiger partial charge in [0.15, 0.2) is 12.2 Å². The first-order valence-corrected chi connectivity index (χ1v) is 41.5. The summed E-state index contributed by atoms with van der Waals surface area (Å²) in [5.74, 6) is -2.18. The molecule has 0 bridgehead atoms. The van der Waals surface area contributed by atoms with Gasteiger partial charge in [0.1, 0.15) is 19.3 Å². The highest BCUT2D eigenvalue weighted by atomic mass is 31.2. The van der Waals surface area contributed by atoms with Crippen LogP contribution in [0, 0.1) is 0 Å². The van der Waals surface area contributed by atoms with Crippen LogP contribution in [0.4, 0.5) is 0 Å². The van der Waals surface area contributed by atoms with E-state index in [1.54, 1.807) is 0 Å². The first-order valence-electron chi connectivity index (χ1n) is 38.5. The van der Waals surface area contributed by atoms with E-state index in [4.69, 9.17) is 37.0 Å². The minimum absolute atomic E-state index is 0.0852. The smallest absolute Gasteiger partial charge is 0.462 e. The summed E-state index contributed by atoms with van der Waals surface area (Å²) in [6.07, 6.45) is 67.8. The molecule has 17 nitrogen and oxygen atoms in total. The molecule has 5 atom stereocenters. The molecule has 0 aliphatic heterocycles. The summed E-state index contributed by atoms with van der Waals surface area (Å²) in [6.45, 7) is 4.80. The molecule has 0 saturated carbocycles. The summed E-state index contributed by atoms with van der Waals surface area (Å²) < 4.78 is 68.4. The minimum Gasteiger partial charge on any atom is -0.462 e. The molecule has 0 saturated heterocycles. The number of ether oxygens (including phenoxy) is 4. The summed E-state index contributed by atoms with van der Waals surface area (Å²) in [7, 11) is -9.94. The summed E-state index contributed by atoms with van der Waals surface area (Å²) >= 11 is 0. The molecule has 0 radical (unpaired) electrons. The van der Waals surface area contributed by atoms with Gasteiger partial charge < -0.3 is 33.8 Å². The van der Waals surface area contributed by atoms with Crippen molar-refractivity contribution in [2.24, 2.45) is 0 Å². The van der Waals surface area contributed by atoms with Crippen molar-refractivity contribution in [2.75, 3.05) is 39.6 Å². The number of carbonyl (C=O) groups excluding carboxylic acids is 4. The number of aliphatic hydroxyl groups is 1. The van der Waals surface area contributed by atoms with Crippen LogP contribution < -0.4 is 0 Å². The third kappa shape index (κ3) is 69.2. The van der Waals surface area contributed by atoms with E-state index in [0.29, 0.717) is 25.7 Å². The molecule has 0 rings (SSSR count). The van der Waals surface area contributed by atoms with Crippen molar-refractivity contribution in [2.45, 2.75) is 367 Å². The highest BCUT2D eigenvalue weighted by Crippen LogP contribution is 2.45. The molecular formula is C77H140O17P2. The number of phosphoric ester groups is 2. The summed E-state index contributed by atoms with van der Waals surface area (Å²) in [5, 5.41) is 10.6. The Bertz CT molecular complexity index is 2060. The number of aliphatic hydroxyl groups excluding tert-OH is 1. The number of unbranched alkanes of at least 4 members (excludes halogenated alkanes) is 37. The molecule has 0 amide bonds. The van der Waals surface area contributed by atoms with Crippen LogP contribution in [0.15, 0.2) is 60.8 Å². The number of hydrogen-bond acceptors (Lipinski definition) is 15. The molecule has 5 unspecified atom stereocenters. The van der Waals surface area contributed by atoms with E-state index in [2.05, 4.69) is 88.5 Å². The molecule has 560 valence electrons. The van der Waals surface area contributed by atoms with Crippen molar-refractivity contribution in [3.05, 3.63) is 60.8 Å². The van der Waals surface area contributed by atoms with Crippen molar-refractivity contribution in [1.82, 2.24) is 0 Å². The first kappa shape index (κ1) is 92.8. The lowest BCUT2D eigenvalue weighted by Crippen LogP contribution is -2.30. The number of allylic oxidation sites excluding steroid dienone is 10. The minimum atomic E-state index is -4.97. The van der Waals surface area contributed by atoms with Crippen molar-refractivity contribution < 1.29 is 80.2 Å². The molecule has 0 aromatic carbocycles. The van der Waals surface area contributed by atoms with Gasteiger partial charge in [-0.05, 0) is 109 Å². The van der Waals surface area contributed by atoms with Crippen molar-refractivity contribution in [1.29, 1.82) is 0 Å². The zero-order chi connectivity index (χ0) is 70.4. The maximum atomic E-state index is 13.1. The van der Waals surface area contributed by atoms with E-state index in [-0.39, 0.29) is 25.7 Å². The Morgan fingerprint density at radius 3 is 0.854 bits per heavy atom. The van der Waals surface area contributed by atoms with E-state index in [9.17, 15) is 43.2 Å². The standard InChI is InChI=1S/C77H140O17P2/c1-5-9-13-17-21-25-29-32-33-34-35-36-37-40-43-46-50-54-58-62-75(80)88-68-73(94-77(82)64-60-56-52-48-44-39-31-27-23-19-15-11-7-3)70-92-96(85,86)90-66-71(78)65-89-95(83,84)91-69-72(93-76(81)63-59-55-51-47-41-28-24-20-16-12-8-4)67-87-74(79)61-57-53-49-45-42-38-30-26-22-18-14-10-6-2/h20-21,24-25,27,31-33,35-36,71-73,78H,5-19,22-23,26,28-30,34,37-70H2,1-4H3,(H,83,84)(H,85,86)/b24-20-,25-21-,31-27-,33-32-,36-35-. The Morgan fingerprint density at radius 2 is 0.521 bits per heavy atom. The lowest BCUT2D eigenvalue weighted by Gasteiger charge is -2.21. The molecule has 0 aromatic heterocycles. The molecule has 0 aromatic rings. The number of hydrogen-bond donors (Lipinski definition) is 3. The second-order valence-corrected chi connectivity index (χ2v) is 28.9. The van der Waals surface area contributed by atoms with Crippen LogP contribution in [0.25, 0.3) is 0 Å². The summed E-state index contributed by atoms with van der Waals surface area (Å²) in [4.78, 5) is 72.8. The fourth-order valence-corrected chi connectivity index (χ4v) is 12.1.